The number of rotatable bonds is 4. The Kier molecular flexibility index (Phi) is 4.29. The molecule has 2 fully saturated rings. The molecular formula is C13H22N2O4. The van der Waals surface area contributed by atoms with Crippen molar-refractivity contribution >= 4 is 12.0 Å². The van der Waals surface area contributed by atoms with Gasteiger partial charge in [0.1, 0.15) is 6.04 Å². The van der Waals surface area contributed by atoms with Crippen LogP contribution < -0.4 is 5.32 Å². The van der Waals surface area contributed by atoms with E-state index in [0.29, 0.717) is 13.2 Å². The average molecular weight is 270 g/mol. The molecule has 0 bridgehead atoms. The molecule has 0 aromatic heterocycles. The summed E-state index contributed by atoms with van der Waals surface area (Å²) in [6.45, 7) is 5.04. The number of urea groups is 1. The quantitative estimate of drug-likeness (QED) is 0.800. The fraction of sp³-hybridized carbons (Fsp3) is 0.846. The first kappa shape index (κ1) is 14.1. The Bertz CT molecular complexity index is 355. The Morgan fingerprint density at radius 3 is 2.68 bits per heavy atom. The second-order valence-electron chi connectivity index (χ2n) is 5.44. The number of hydrogen-bond acceptors (Lipinski definition) is 3. The molecule has 0 radical (unpaired) electrons. The van der Waals surface area contributed by atoms with Crippen molar-refractivity contribution in [2.24, 2.45) is 5.92 Å². The maximum Gasteiger partial charge on any atom is 0.326 e. The predicted octanol–water partition coefficient (Wildman–Crippen LogP) is 1.06. The van der Waals surface area contributed by atoms with Crippen LogP contribution in [0.15, 0.2) is 0 Å². The average Bonchev–Trinajstić information content (AvgIpc) is 2.68. The van der Waals surface area contributed by atoms with E-state index in [4.69, 9.17) is 4.74 Å². The number of carbonyl (C=O) groups excluding carboxylic acids is 1. The molecule has 6 nitrogen and oxygen atoms in total. The number of hydrogen-bond donors (Lipinski definition) is 2. The van der Waals surface area contributed by atoms with Gasteiger partial charge in [-0.1, -0.05) is 6.92 Å². The van der Waals surface area contributed by atoms with Crippen molar-refractivity contribution < 1.29 is 19.4 Å². The highest BCUT2D eigenvalue weighted by molar-refractivity contribution is 5.83. The summed E-state index contributed by atoms with van der Waals surface area (Å²) in [5.74, 6) is -0.901. The summed E-state index contributed by atoms with van der Waals surface area (Å²) in [5, 5.41) is 12.1. The van der Waals surface area contributed by atoms with Crippen molar-refractivity contribution in [1.29, 1.82) is 0 Å². The Morgan fingerprint density at radius 2 is 2.11 bits per heavy atom. The third-order valence-corrected chi connectivity index (χ3v) is 4.04. The van der Waals surface area contributed by atoms with E-state index in [1.807, 2.05) is 13.8 Å². The van der Waals surface area contributed by atoms with Crippen LogP contribution in [0.25, 0.3) is 0 Å². The smallest absolute Gasteiger partial charge is 0.326 e. The first-order valence-electron chi connectivity index (χ1n) is 6.94. The van der Waals surface area contributed by atoms with Crippen molar-refractivity contribution in [3.8, 4) is 0 Å². The summed E-state index contributed by atoms with van der Waals surface area (Å²) in [5.41, 5.74) is 0. The molecule has 2 N–H and O–H groups in total. The zero-order valence-corrected chi connectivity index (χ0v) is 11.5. The van der Waals surface area contributed by atoms with Crippen molar-refractivity contribution in [2.45, 2.75) is 51.3 Å². The summed E-state index contributed by atoms with van der Waals surface area (Å²) in [6, 6.07) is -0.825. The normalized spacial score (nSPS) is 33.9. The largest absolute Gasteiger partial charge is 0.480 e. The molecule has 0 spiro atoms. The molecule has 6 heteroatoms. The number of amides is 2. The summed E-state index contributed by atoms with van der Waals surface area (Å²) in [7, 11) is 0. The van der Waals surface area contributed by atoms with Crippen LogP contribution >= 0.6 is 0 Å². The van der Waals surface area contributed by atoms with Crippen LogP contribution in [0.3, 0.4) is 0 Å². The van der Waals surface area contributed by atoms with E-state index in [0.717, 1.165) is 19.3 Å². The van der Waals surface area contributed by atoms with Crippen LogP contribution in [-0.4, -0.2) is 53.3 Å². The lowest BCUT2D eigenvalue weighted by Crippen LogP contribution is -2.54. The number of carboxylic acids is 1. The minimum absolute atomic E-state index is 0.0146. The fourth-order valence-electron chi connectivity index (χ4n) is 2.86. The second-order valence-corrected chi connectivity index (χ2v) is 5.44. The molecule has 19 heavy (non-hydrogen) atoms. The van der Waals surface area contributed by atoms with Crippen LogP contribution in [0.2, 0.25) is 0 Å². The highest BCUT2D eigenvalue weighted by Crippen LogP contribution is 2.26. The van der Waals surface area contributed by atoms with Crippen LogP contribution in [-0.2, 0) is 9.53 Å². The lowest BCUT2D eigenvalue weighted by Gasteiger charge is -2.36. The molecule has 2 amide bonds. The van der Waals surface area contributed by atoms with Gasteiger partial charge in [-0.3, -0.25) is 0 Å². The van der Waals surface area contributed by atoms with Crippen molar-refractivity contribution in [1.82, 2.24) is 10.2 Å². The number of likely N-dealkylation sites (tertiary alicyclic amines) is 1. The van der Waals surface area contributed by atoms with Gasteiger partial charge >= 0.3 is 12.0 Å². The molecule has 2 rings (SSSR count). The van der Waals surface area contributed by atoms with Crippen molar-refractivity contribution in [3.05, 3.63) is 0 Å². The lowest BCUT2D eigenvalue weighted by atomic mass is 9.89. The summed E-state index contributed by atoms with van der Waals surface area (Å²) < 4.78 is 5.43. The molecule has 1 saturated heterocycles. The molecule has 2 atom stereocenters. The van der Waals surface area contributed by atoms with Gasteiger partial charge in [0.15, 0.2) is 0 Å². The van der Waals surface area contributed by atoms with E-state index < -0.39 is 12.0 Å². The van der Waals surface area contributed by atoms with E-state index in [9.17, 15) is 14.7 Å². The zero-order valence-electron chi connectivity index (χ0n) is 11.5. The summed E-state index contributed by atoms with van der Waals surface area (Å²) >= 11 is 0. The standard InChI is InChI=1S/C13H22N2O4/c1-3-19-10-6-9(7-10)14-13(18)15-5-4-8(2)11(15)12(16)17/h8-11H,3-7H2,1-2H3,(H,14,18)(H,16,17). The Hall–Kier alpha value is -1.30. The van der Waals surface area contributed by atoms with Gasteiger partial charge in [-0.25, -0.2) is 9.59 Å². The highest BCUT2D eigenvalue weighted by atomic mass is 16.5. The molecule has 2 unspecified atom stereocenters. The molecule has 108 valence electrons. The van der Waals surface area contributed by atoms with E-state index in [-0.39, 0.29) is 24.1 Å². The number of carbonyl (C=O) groups is 2. The van der Waals surface area contributed by atoms with E-state index in [1.165, 1.54) is 4.90 Å². The summed E-state index contributed by atoms with van der Waals surface area (Å²) in [4.78, 5) is 24.7. The predicted molar refractivity (Wildman–Crippen MR) is 68.9 cm³/mol. The Morgan fingerprint density at radius 1 is 1.42 bits per heavy atom. The molecule has 1 saturated carbocycles. The van der Waals surface area contributed by atoms with E-state index >= 15 is 0 Å². The fourth-order valence-corrected chi connectivity index (χ4v) is 2.86. The van der Waals surface area contributed by atoms with Gasteiger partial charge in [0, 0.05) is 19.2 Å². The van der Waals surface area contributed by atoms with Gasteiger partial charge < -0.3 is 20.1 Å². The van der Waals surface area contributed by atoms with Crippen LogP contribution in [0.1, 0.15) is 33.1 Å². The van der Waals surface area contributed by atoms with Gasteiger partial charge in [0.25, 0.3) is 0 Å². The van der Waals surface area contributed by atoms with Crippen molar-refractivity contribution in [3.63, 3.8) is 0 Å². The Balaban J connectivity index is 1.82. The zero-order chi connectivity index (χ0) is 14.0. The number of nitrogens with one attached hydrogen (secondary N) is 1. The molecule has 1 aliphatic carbocycles. The van der Waals surface area contributed by atoms with E-state index in [2.05, 4.69) is 5.32 Å². The molecule has 1 heterocycles. The molecule has 2 aliphatic rings. The monoisotopic (exact) mass is 270 g/mol. The number of ether oxygens (including phenoxy) is 1. The van der Waals surface area contributed by atoms with Gasteiger partial charge in [0.2, 0.25) is 0 Å². The molecule has 0 aromatic rings. The first-order valence-corrected chi connectivity index (χ1v) is 6.94. The second kappa shape index (κ2) is 5.77. The minimum Gasteiger partial charge on any atom is -0.480 e. The first-order chi connectivity index (χ1) is 9.02. The van der Waals surface area contributed by atoms with Gasteiger partial charge in [-0.05, 0) is 32.1 Å². The Labute approximate surface area is 113 Å². The van der Waals surface area contributed by atoms with Crippen molar-refractivity contribution in [2.75, 3.05) is 13.2 Å². The van der Waals surface area contributed by atoms with Crippen LogP contribution in [0, 0.1) is 5.92 Å². The number of aliphatic carboxylic acids is 1. The van der Waals surface area contributed by atoms with E-state index in [1.54, 1.807) is 0 Å². The molecule has 0 aromatic carbocycles. The summed E-state index contributed by atoms with van der Waals surface area (Å²) in [6.07, 6.45) is 2.63. The SMILES string of the molecule is CCOC1CC(NC(=O)N2CCC(C)C2C(=O)O)C1. The third-order valence-electron chi connectivity index (χ3n) is 4.04. The third kappa shape index (κ3) is 3.00. The number of carboxylic acid groups (broad SMARTS) is 1. The maximum atomic E-state index is 12.1. The molecular weight excluding hydrogens is 248 g/mol. The minimum atomic E-state index is -0.916. The number of nitrogens with zero attached hydrogens (tertiary/aromatic N) is 1. The van der Waals surface area contributed by atoms with Crippen LogP contribution in [0.4, 0.5) is 4.79 Å². The van der Waals surface area contributed by atoms with Gasteiger partial charge in [0.05, 0.1) is 6.10 Å². The highest BCUT2D eigenvalue weighted by Gasteiger charge is 2.41. The molecule has 1 aliphatic heterocycles. The topological polar surface area (TPSA) is 78.9 Å². The lowest BCUT2D eigenvalue weighted by molar-refractivity contribution is -0.142. The van der Waals surface area contributed by atoms with Gasteiger partial charge in [-0.15, -0.1) is 0 Å². The maximum absolute atomic E-state index is 12.1. The van der Waals surface area contributed by atoms with Gasteiger partial charge in [-0.2, -0.15) is 0 Å². The van der Waals surface area contributed by atoms with Crippen LogP contribution in [0.5, 0.6) is 0 Å².